The van der Waals surface area contributed by atoms with Gasteiger partial charge in [-0.3, -0.25) is 0 Å². The normalized spacial score (nSPS) is 12.2. The third-order valence-electron chi connectivity index (χ3n) is 2.64. The number of anilines is 2. The lowest BCUT2D eigenvalue weighted by Crippen LogP contribution is -2.34. The van der Waals surface area contributed by atoms with Crippen LogP contribution >= 0.6 is 0 Å². The van der Waals surface area contributed by atoms with Crippen molar-refractivity contribution in [3.63, 3.8) is 0 Å². The van der Waals surface area contributed by atoms with Crippen LogP contribution in [0.3, 0.4) is 0 Å². The Morgan fingerprint density at radius 1 is 1.50 bits per heavy atom. The third-order valence-corrected chi connectivity index (χ3v) is 2.64. The first-order chi connectivity index (χ1) is 8.49. The van der Waals surface area contributed by atoms with Crippen molar-refractivity contribution in [2.75, 3.05) is 30.3 Å². The van der Waals surface area contributed by atoms with Crippen LogP contribution in [-0.4, -0.2) is 47.1 Å². The minimum absolute atomic E-state index is 0.120. The number of hydrogen-bond donors (Lipinski definition) is 4. The van der Waals surface area contributed by atoms with Gasteiger partial charge in [0.25, 0.3) is 0 Å². The summed E-state index contributed by atoms with van der Waals surface area (Å²) >= 11 is 0. The number of nitrogens with two attached hydrogens (primary N) is 1. The van der Waals surface area contributed by atoms with E-state index in [1.807, 2.05) is 6.92 Å². The van der Waals surface area contributed by atoms with E-state index >= 15 is 0 Å². The van der Waals surface area contributed by atoms with Gasteiger partial charge in [-0.05, 0) is 25.1 Å². The number of carboxylic acid groups (broad SMARTS) is 1. The van der Waals surface area contributed by atoms with E-state index in [9.17, 15) is 9.90 Å². The van der Waals surface area contributed by atoms with Gasteiger partial charge in [-0.1, -0.05) is 0 Å². The minimum Gasteiger partial charge on any atom is -0.478 e. The van der Waals surface area contributed by atoms with Gasteiger partial charge in [-0.25, -0.2) is 4.79 Å². The highest BCUT2D eigenvalue weighted by Crippen LogP contribution is 2.24. The fourth-order valence-electron chi connectivity index (χ4n) is 1.69. The molecule has 6 nitrogen and oxygen atoms in total. The van der Waals surface area contributed by atoms with Crippen molar-refractivity contribution in [2.24, 2.45) is 0 Å². The van der Waals surface area contributed by atoms with Gasteiger partial charge in [0, 0.05) is 13.1 Å². The number of carbonyl (C=O) groups is 1. The number of aromatic carboxylic acids is 1. The van der Waals surface area contributed by atoms with Crippen molar-refractivity contribution in [2.45, 2.75) is 13.0 Å². The predicted molar refractivity (Wildman–Crippen MR) is 68.8 cm³/mol. The Hall–Kier alpha value is -1.79. The van der Waals surface area contributed by atoms with E-state index in [2.05, 4.69) is 0 Å². The summed E-state index contributed by atoms with van der Waals surface area (Å²) in [6.45, 7) is 2.38. The molecule has 0 spiro atoms. The van der Waals surface area contributed by atoms with Gasteiger partial charge in [-0.2, -0.15) is 0 Å². The van der Waals surface area contributed by atoms with Gasteiger partial charge in [0.2, 0.25) is 0 Å². The molecule has 0 saturated carbocycles. The van der Waals surface area contributed by atoms with Gasteiger partial charge in [-0.15, -0.1) is 0 Å². The molecule has 1 unspecified atom stereocenters. The van der Waals surface area contributed by atoms with E-state index in [-0.39, 0.29) is 18.7 Å². The molecule has 0 amide bonds. The first kappa shape index (κ1) is 14.3. The second-order valence-electron chi connectivity index (χ2n) is 3.95. The highest BCUT2D eigenvalue weighted by molar-refractivity contribution is 5.90. The third kappa shape index (κ3) is 3.35. The number of hydrogen-bond acceptors (Lipinski definition) is 5. The zero-order valence-corrected chi connectivity index (χ0v) is 10.2. The molecule has 0 aliphatic carbocycles. The van der Waals surface area contributed by atoms with Crippen LogP contribution in [0.2, 0.25) is 0 Å². The molecule has 5 N–H and O–H groups in total. The Bertz CT molecular complexity index is 423. The molecule has 6 heteroatoms. The Balaban J connectivity index is 2.96. The quantitative estimate of drug-likeness (QED) is 0.538. The van der Waals surface area contributed by atoms with E-state index in [1.165, 1.54) is 12.1 Å². The van der Waals surface area contributed by atoms with Crippen LogP contribution in [0, 0.1) is 0 Å². The summed E-state index contributed by atoms with van der Waals surface area (Å²) in [4.78, 5) is 12.6. The van der Waals surface area contributed by atoms with Crippen molar-refractivity contribution in [3.05, 3.63) is 23.8 Å². The van der Waals surface area contributed by atoms with Gasteiger partial charge in [0.1, 0.15) is 0 Å². The van der Waals surface area contributed by atoms with Crippen LogP contribution in [0.1, 0.15) is 17.3 Å². The number of nitrogens with zero attached hydrogens (tertiary/aromatic N) is 1. The molecule has 0 fully saturated rings. The van der Waals surface area contributed by atoms with E-state index in [0.717, 1.165) is 0 Å². The average Bonchev–Trinajstić information content (AvgIpc) is 2.35. The molecule has 1 atom stereocenters. The summed E-state index contributed by atoms with van der Waals surface area (Å²) in [5.74, 6) is -1.04. The van der Waals surface area contributed by atoms with Gasteiger partial charge >= 0.3 is 5.97 Å². The second-order valence-corrected chi connectivity index (χ2v) is 3.95. The summed E-state index contributed by atoms with van der Waals surface area (Å²) in [5.41, 5.74) is 6.91. The van der Waals surface area contributed by atoms with Crippen LogP contribution in [0.15, 0.2) is 18.2 Å². The summed E-state index contributed by atoms with van der Waals surface area (Å²) in [5, 5.41) is 27.1. The first-order valence-electron chi connectivity index (χ1n) is 5.66. The fraction of sp³-hybridized carbons (Fsp3) is 0.417. The number of benzene rings is 1. The smallest absolute Gasteiger partial charge is 0.335 e. The number of aliphatic hydroxyl groups is 2. The maximum absolute atomic E-state index is 10.8. The largest absolute Gasteiger partial charge is 0.478 e. The Labute approximate surface area is 105 Å². The van der Waals surface area contributed by atoms with Crippen LogP contribution in [0.25, 0.3) is 0 Å². The van der Waals surface area contributed by atoms with E-state index in [4.69, 9.17) is 15.9 Å². The SMILES string of the molecule is CCN(CC(O)CO)c1ccc(C(=O)O)cc1N. The van der Waals surface area contributed by atoms with E-state index in [1.54, 1.807) is 11.0 Å². The number of aliphatic hydroxyl groups excluding tert-OH is 2. The molecule has 1 rings (SSSR count). The van der Waals surface area contributed by atoms with Crippen LogP contribution in [-0.2, 0) is 0 Å². The molecular formula is C12H18N2O4. The van der Waals surface area contributed by atoms with Crippen LogP contribution < -0.4 is 10.6 Å². The summed E-state index contributed by atoms with van der Waals surface area (Å²) in [6, 6.07) is 4.44. The molecule has 0 aliphatic heterocycles. The molecule has 0 saturated heterocycles. The Morgan fingerprint density at radius 3 is 2.61 bits per heavy atom. The first-order valence-corrected chi connectivity index (χ1v) is 5.66. The zero-order chi connectivity index (χ0) is 13.7. The van der Waals surface area contributed by atoms with E-state index < -0.39 is 12.1 Å². The van der Waals surface area contributed by atoms with Crippen LogP contribution in [0.5, 0.6) is 0 Å². The number of rotatable bonds is 6. The van der Waals surface area contributed by atoms with Crippen molar-refractivity contribution in [1.82, 2.24) is 0 Å². The number of likely N-dealkylation sites (N-methyl/N-ethyl adjacent to an activating group) is 1. The summed E-state index contributed by atoms with van der Waals surface area (Å²) < 4.78 is 0. The number of nitrogen functional groups attached to an aromatic ring is 1. The van der Waals surface area contributed by atoms with Crippen molar-refractivity contribution >= 4 is 17.3 Å². The second kappa shape index (κ2) is 6.23. The molecule has 0 heterocycles. The lowest BCUT2D eigenvalue weighted by atomic mass is 10.1. The topological polar surface area (TPSA) is 107 Å². The maximum Gasteiger partial charge on any atom is 0.335 e. The van der Waals surface area contributed by atoms with Crippen molar-refractivity contribution < 1.29 is 20.1 Å². The minimum atomic E-state index is -1.04. The Kier molecular flexibility index (Phi) is 4.94. The molecule has 0 aliphatic rings. The number of carboxylic acids is 1. The monoisotopic (exact) mass is 254 g/mol. The molecule has 18 heavy (non-hydrogen) atoms. The molecular weight excluding hydrogens is 236 g/mol. The van der Waals surface area contributed by atoms with Gasteiger partial charge < -0.3 is 26.0 Å². The maximum atomic E-state index is 10.8. The summed E-state index contributed by atoms with van der Waals surface area (Å²) in [7, 11) is 0. The summed E-state index contributed by atoms with van der Waals surface area (Å²) in [6.07, 6.45) is -0.858. The molecule has 100 valence electrons. The standard InChI is InChI=1S/C12H18N2O4/c1-2-14(6-9(16)7-15)11-4-3-8(12(17)18)5-10(11)13/h3-5,9,15-16H,2,6-7,13H2,1H3,(H,17,18). The van der Waals surface area contributed by atoms with Gasteiger partial charge in [0.05, 0.1) is 29.6 Å². The molecule has 0 aromatic heterocycles. The van der Waals surface area contributed by atoms with Crippen molar-refractivity contribution in [3.8, 4) is 0 Å². The average molecular weight is 254 g/mol. The lowest BCUT2D eigenvalue weighted by Gasteiger charge is -2.26. The van der Waals surface area contributed by atoms with Crippen molar-refractivity contribution in [1.29, 1.82) is 0 Å². The molecule has 0 bridgehead atoms. The molecule has 1 aromatic carbocycles. The predicted octanol–water partition coefficient (Wildman–Crippen LogP) is 0.146. The zero-order valence-electron chi connectivity index (χ0n) is 10.2. The highest BCUT2D eigenvalue weighted by atomic mass is 16.4. The van der Waals surface area contributed by atoms with E-state index in [0.29, 0.717) is 17.9 Å². The molecule has 0 radical (unpaired) electrons. The lowest BCUT2D eigenvalue weighted by molar-refractivity contribution is 0.0697. The molecule has 1 aromatic rings. The Morgan fingerprint density at radius 2 is 2.17 bits per heavy atom. The highest BCUT2D eigenvalue weighted by Gasteiger charge is 2.14. The fourth-order valence-corrected chi connectivity index (χ4v) is 1.69. The van der Waals surface area contributed by atoms with Crippen LogP contribution in [0.4, 0.5) is 11.4 Å². The van der Waals surface area contributed by atoms with Gasteiger partial charge in [0.15, 0.2) is 0 Å².